The third kappa shape index (κ3) is 3.06. The van der Waals surface area contributed by atoms with Crippen LogP contribution in [-0.4, -0.2) is 19.6 Å². The van der Waals surface area contributed by atoms with Crippen LogP contribution in [-0.2, 0) is 6.54 Å². The summed E-state index contributed by atoms with van der Waals surface area (Å²) in [6, 6.07) is 23.8. The SMILES string of the molecule is CCn1c2ccccc2c2cc(Nc3cc(-c4ccc(O)cc4)ncn3)ccc21. The van der Waals surface area contributed by atoms with Gasteiger partial charge in [-0.05, 0) is 55.5 Å². The smallest absolute Gasteiger partial charge is 0.134 e. The zero-order valence-electron chi connectivity index (χ0n) is 16.0. The van der Waals surface area contributed by atoms with Crippen molar-refractivity contribution in [1.29, 1.82) is 0 Å². The second kappa shape index (κ2) is 6.95. The number of aromatic nitrogens is 3. The van der Waals surface area contributed by atoms with E-state index < -0.39 is 0 Å². The molecule has 29 heavy (non-hydrogen) atoms. The van der Waals surface area contributed by atoms with Crippen LogP contribution in [0.3, 0.4) is 0 Å². The lowest BCUT2D eigenvalue weighted by Gasteiger charge is -2.08. The number of phenols is 1. The maximum Gasteiger partial charge on any atom is 0.134 e. The molecule has 0 fully saturated rings. The van der Waals surface area contributed by atoms with Gasteiger partial charge in [-0.15, -0.1) is 0 Å². The Labute approximate surface area is 168 Å². The molecule has 0 spiro atoms. The first kappa shape index (κ1) is 17.3. The van der Waals surface area contributed by atoms with Crippen molar-refractivity contribution in [1.82, 2.24) is 14.5 Å². The van der Waals surface area contributed by atoms with Crippen molar-refractivity contribution < 1.29 is 5.11 Å². The Balaban J connectivity index is 1.53. The standard InChI is InChI=1S/C24H20N4O/c1-2-28-22-6-4-3-5-19(22)20-13-17(9-12-23(20)28)27-24-14-21(25-15-26-24)16-7-10-18(29)11-8-16/h3-15,29H,2H2,1H3,(H,25,26,27). The molecule has 5 aromatic rings. The summed E-state index contributed by atoms with van der Waals surface area (Å²) >= 11 is 0. The monoisotopic (exact) mass is 380 g/mol. The fourth-order valence-corrected chi connectivity index (χ4v) is 3.84. The largest absolute Gasteiger partial charge is 0.508 e. The van der Waals surface area contributed by atoms with Crippen LogP contribution >= 0.6 is 0 Å². The van der Waals surface area contributed by atoms with Gasteiger partial charge in [-0.1, -0.05) is 18.2 Å². The molecule has 0 aliphatic heterocycles. The van der Waals surface area contributed by atoms with Crippen LogP contribution in [0, 0.1) is 0 Å². The normalized spacial score (nSPS) is 11.2. The molecule has 5 rings (SSSR count). The Morgan fingerprint density at radius 2 is 1.66 bits per heavy atom. The average Bonchev–Trinajstić information content (AvgIpc) is 3.07. The number of nitrogens with one attached hydrogen (secondary N) is 1. The van der Waals surface area contributed by atoms with Gasteiger partial charge in [0.15, 0.2) is 0 Å². The van der Waals surface area contributed by atoms with Gasteiger partial charge in [0.2, 0.25) is 0 Å². The summed E-state index contributed by atoms with van der Waals surface area (Å²) in [5, 5.41) is 15.4. The number of hydrogen-bond donors (Lipinski definition) is 2. The summed E-state index contributed by atoms with van der Waals surface area (Å²) < 4.78 is 2.34. The molecule has 2 heterocycles. The number of anilines is 2. The predicted molar refractivity (Wildman–Crippen MR) is 118 cm³/mol. The average molecular weight is 380 g/mol. The number of rotatable bonds is 4. The Kier molecular flexibility index (Phi) is 4.13. The van der Waals surface area contributed by atoms with E-state index in [1.807, 2.05) is 18.2 Å². The minimum absolute atomic E-state index is 0.237. The minimum Gasteiger partial charge on any atom is -0.508 e. The lowest BCUT2D eigenvalue weighted by atomic mass is 10.1. The maximum absolute atomic E-state index is 9.49. The molecule has 0 unspecified atom stereocenters. The molecule has 0 radical (unpaired) electrons. The van der Waals surface area contributed by atoms with Crippen molar-refractivity contribution in [2.24, 2.45) is 0 Å². The van der Waals surface area contributed by atoms with Gasteiger partial charge in [-0.2, -0.15) is 0 Å². The summed E-state index contributed by atoms with van der Waals surface area (Å²) in [5.74, 6) is 0.961. The van der Waals surface area contributed by atoms with E-state index in [0.29, 0.717) is 0 Å². The molecule has 2 N–H and O–H groups in total. The zero-order chi connectivity index (χ0) is 19.8. The highest BCUT2D eigenvalue weighted by Gasteiger charge is 2.10. The molecular formula is C24H20N4O. The Morgan fingerprint density at radius 1 is 0.862 bits per heavy atom. The van der Waals surface area contributed by atoms with Crippen LogP contribution in [0.15, 0.2) is 79.1 Å². The summed E-state index contributed by atoms with van der Waals surface area (Å²) in [6.07, 6.45) is 1.55. The minimum atomic E-state index is 0.237. The van der Waals surface area contributed by atoms with Gasteiger partial charge in [-0.3, -0.25) is 0 Å². The van der Waals surface area contributed by atoms with Crippen LogP contribution in [0.25, 0.3) is 33.1 Å². The lowest BCUT2D eigenvalue weighted by Crippen LogP contribution is -1.96. The first-order valence-corrected chi connectivity index (χ1v) is 9.62. The molecule has 0 aliphatic carbocycles. The van der Waals surface area contributed by atoms with E-state index in [2.05, 4.69) is 69.2 Å². The van der Waals surface area contributed by atoms with E-state index in [9.17, 15) is 5.11 Å². The molecule has 0 atom stereocenters. The molecule has 0 amide bonds. The fraction of sp³-hybridized carbons (Fsp3) is 0.0833. The molecular weight excluding hydrogens is 360 g/mol. The van der Waals surface area contributed by atoms with E-state index in [4.69, 9.17) is 0 Å². The quantitative estimate of drug-likeness (QED) is 0.418. The number of para-hydroxylation sites is 1. The van der Waals surface area contributed by atoms with Gasteiger partial charge in [0.05, 0.1) is 5.69 Å². The first-order valence-electron chi connectivity index (χ1n) is 9.62. The zero-order valence-corrected chi connectivity index (χ0v) is 16.0. The fourth-order valence-electron chi connectivity index (χ4n) is 3.84. The molecule has 0 aliphatic rings. The van der Waals surface area contributed by atoms with Gasteiger partial charge in [0.1, 0.15) is 17.9 Å². The second-order valence-corrected chi connectivity index (χ2v) is 6.95. The Bertz CT molecular complexity index is 1320. The summed E-state index contributed by atoms with van der Waals surface area (Å²) in [7, 11) is 0. The maximum atomic E-state index is 9.49. The number of fused-ring (bicyclic) bond motifs is 3. The van der Waals surface area contributed by atoms with Gasteiger partial charge < -0.3 is 15.0 Å². The number of hydrogen-bond acceptors (Lipinski definition) is 4. The number of aryl methyl sites for hydroxylation is 1. The van der Waals surface area contributed by atoms with Crippen molar-refractivity contribution >= 4 is 33.3 Å². The van der Waals surface area contributed by atoms with E-state index >= 15 is 0 Å². The highest BCUT2D eigenvalue weighted by molar-refractivity contribution is 6.09. The topological polar surface area (TPSA) is 63.0 Å². The van der Waals surface area contributed by atoms with E-state index in [1.54, 1.807) is 18.5 Å². The van der Waals surface area contributed by atoms with Crippen LogP contribution in [0.2, 0.25) is 0 Å². The lowest BCUT2D eigenvalue weighted by molar-refractivity contribution is 0.475. The molecule has 5 nitrogen and oxygen atoms in total. The summed E-state index contributed by atoms with van der Waals surface area (Å²) in [6.45, 7) is 3.10. The molecule has 3 aromatic carbocycles. The third-order valence-electron chi connectivity index (χ3n) is 5.19. The van der Waals surface area contributed by atoms with E-state index in [1.165, 1.54) is 21.8 Å². The highest BCUT2D eigenvalue weighted by Crippen LogP contribution is 2.32. The van der Waals surface area contributed by atoms with E-state index in [0.717, 1.165) is 29.3 Å². The summed E-state index contributed by atoms with van der Waals surface area (Å²) in [4.78, 5) is 8.71. The van der Waals surface area contributed by atoms with Gasteiger partial charge >= 0.3 is 0 Å². The Morgan fingerprint density at radius 3 is 2.48 bits per heavy atom. The summed E-state index contributed by atoms with van der Waals surface area (Å²) in [5.41, 5.74) is 5.18. The van der Waals surface area contributed by atoms with Crippen molar-refractivity contribution in [2.45, 2.75) is 13.5 Å². The molecule has 0 saturated heterocycles. The molecule has 0 saturated carbocycles. The van der Waals surface area contributed by atoms with Crippen LogP contribution in [0.4, 0.5) is 11.5 Å². The number of aromatic hydroxyl groups is 1. The molecule has 5 heteroatoms. The van der Waals surface area contributed by atoms with Crippen molar-refractivity contribution in [2.75, 3.05) is 5.32 Å². The Hall–Kier alpha value is -3.86. The van der Waals surface area contributed by atoms with Gasteiger partial charge in [-0.25, -0.2) is 9.97 Å². The van der Waals surface area contributed by atoms with Gasteiger partial charge in [0.25, 0.3) is 0 Å². The van der Waals surface area contributed by atoms with Crippen LogP contribution in [0.5, 0.6) is 5.75 Å². The van der Waals surface area contributed by atoms with Crippen LogP contribution < -0.4 is 5.32 Å². The van der Waals surface area contributed by atoms with E-state index in [-0.39, 0.29) is 5.75 Å². The number of phenolic OH excluding ortho intramolecular Hbond substituents is 1. The van der Waals surface area contributed by atoms with Crippen molar-refractivity contribution in [3.05, 3.63) is 79.1 Å². The number of benzene rings is 3. The molecule has 2 aromatic heterocycles. The number of nitrogens with zero attached hydrogens (tertiary/aromatic N) is 3. The van der Waals surface area contributed by atoms with Gasteiger partial charge in [0, 0.05) is 45.7 Å². The molecule has 142 valence electrons. The van der Waals surface area contributed by atoms with Crippen molar-refractivity contribution in [3.63, 3.8) is 0 Å². The second-order valence-electron chi connectivity index (χ2n) is 6.95. The third-order valence-corrected chi connectivity index (χ3v) is 5.19. The van der Waals surface area contributed by atoms with Crippen LogP contribution in [0.1, 0.15) is 6.92 Å². The van der Waals surface area contributed by atoms with Crippen molar-refractivity contribution in [3.8, 4) is 17.0 Å². The first-order chi connectivity index (χ1) is 14.2. The highest BCUT2D eigenvalue weighted by atomic mass is 16.3. The predicted octanol–water partition coefficient (Wildman–Crippen LogP) is 5.72. The molecule has 0 bridgehead atoms.